The van der Waals surface area contributed by atoms with Gasteiger partial charge in [-0.05, 0) is 37.3 Å². The summed E-state index contributed by atoms with van der Waals surface area (Å²) >= 11 is 1.17. The summed E-state index contributed by atoms with van der Waals surface area (Å²) in [5.41, 5.74) is 4.67. The van der Waals surface area contributed by atoms with Crippen molar-refractivity contribution < 1.29 is 38.0 Å². The van der Waals surface area contributed by atoms with E-state index >= 15 is 0 Å². The molecule has 0 spiro atoms. The lowest BCUT2D eigenvalue weighted by Crippen LogP contribution is -2.62. The summed E-state index contributed by atoms with van der Waals surface area (Å²) in [6.07, 6.45) is -2.48. The van der Waals surface area contributed by atoms with Gasteiger partial charge in [-0.1, -0.05) is 17.8 Å². The highest BCUT2D eigenvalue weighted by atomic mass is 32.2. The van der Waals surface area contributed by atoms with E-state index in [0.29, 0.717) is 12.4 Å². The van der Waals surface area contributed by atoms with E-state index in [0.717, 1.165) is 23.2 Å². The first-order valence-electron chi connectivity index (χ1n) is 10.1. The number of hydrogen-bond donors (Lipinski definition) is 5. The molecule has 2 aromatic carbocycles. The summed E-state index contributed by atoms with van der Waals surface area (Å²) < 4.78 is 51.3. The lowest BCUT2D eigenvalue weighted by molar-refractivity contribution is -0.164. The quantitative estimate of drug-likeness (QED) is 0.360. The molecule has 1 saturated heterocycles. The van der Waals surface area contributed by atoms with Gasteiger partial charge in [0.05, 0.1) is 25.0 Å². The standard InChI is InChI=1S/C22H25F3N2O5S/c1-2-31-12-4-3-5-13(8-12)33-22-21(30)19(20(29)17(10-28)32-22)27-9-16(26)11-6-14(23)18(25)15(24)7-11/h3-9,17,19-22,27-30H,2,10,26H2,1H3/b16-9-. The van der Waals surface area contributed by atoms with Gasteiger partial charge in [0.15, 0.2) is 17.5 Å². The summed E-state index contributed by atoms with van der Waals surface area (Å²) in [5, 5.41) is 33.7. The first kappa shape index (κ1) is 25.2. The van der Waals surface area contributed by atoms with Gasteiger partial charge in [-0.25, -0.2) is 13.2 Å². The number of benzene rings is 2. The Morgan fingerprint density at radius 3 is 2.52 bits per heavy atom. The third-order valence-electron chi connectivity index (χ3n) is 5.00. The summed E-state index contributed by atoms with van der Waals surface area (Å²) in [7, 11) is 0. The molecule has 1 aliphatic heterocycles. The molecule has 33 heavy (non-hydrogen) atoms. The number of halogens is 3. The Balaban J connectivity index is 1.78. The topological polar surface area (TPSA) is 117 Å². The SMILES string of the molecule is CCOc1cccc(SC2OC(CO)C(O)C(N/C=C(\N)c3cc(F)c(F)c(F)c3)C2O)c1. The first-order chi connectivity index (χ1) is 15.7. The van der Waals surface area contributed by atoms with Gasteiger partial charge in [0.1, 0.15) is 29.5 Å². The maximum Gasteiger partial charge on any atom is 0.194 e. The Hall–Kier alpha value is -2.44. The number of thioether (sulfide) groups is 1. The molecule has 5 atom stereocenters. The van der Waals surface area contributed by atoms with Gasteiger partial charge in [0, 0.05) is 16.7 Å². The normalized spacial score (nSPS) is 25.7. The van der Waals surface area contributed by atoms with E-state index < -0.39 is 53.8 Å². The van der Waals surface area contributed by atoms with E-state index in [2.05, 4.69) is 5.32 Å². The third kappa shape index (κ3) is 5.92. The van der Waals surface area contributed by atoms with Crippen molar-refractivity contribution in [2.24, 2.45) is 5.73 Å². The fourth-order valence-corrected chi connectivity index (χ4v) is 4.43. The Kier molecular flexibility index (Phi) is 8.49. The largest absolute Gasteiger partial charge is 0.494 e. The minimum absolute atomic E-state index is 0.132. The molecule has 0 aromatic heterocycles. The number of ether oxygens (including phenoxy) is 2. The van der Waals surface area contributed by atoms with E-state index in [1.807, 2.05) is 6.92 Å². The molecule has 5 unspecified atom stereocenters. The number of aliphatic hydroxyl groups excluding tert-OH is 3. The van der Waals surface area contributed by atoms with Crippen molar-refractivity contribution in [3.8, 4) is 5.75 Å². The van der Waals surface area contributed by atoms with E-state index in [1.54, 1.807) is 24.3 Å². The monoisotopic (exact) mass is 486 g/mol. The van der Waals surface area contributed by atoms with Crippen LogP contribution in [0.1, 0.15) is 12.5 Å². The van der Waals surface area contributed by atoms with Crippen molar-refractivity contribution in [3.05, 3.63) is 65.6 Å². The maximum atomic E-state index is 13.5. The highest BCUT2D eigenvalue weighted by Crippen LogP contribution is 2.34. The molecule has 0 saturated carbocycles. The average Bonchev–Trinajstić information content (AvgIpc) is 2.79. The summed E-state index contributed by atoms with van der Waals surface area (Å²) in [6, 6.07) is 7.53. The van der Waals surface area contributed by atoms with Crippen LogP contribution in [0.15, 0.2) is 47.5 Å². The number of rotatable bonds is 8. The molecule has 0 bridgehead atoms. The molecule has 2 aromatic rings. The minimum atomic E-state index is -1.62. The van der Waals surface area contributed by atoms with Crippen LogP contribution < -0.4 is 15.8 Å². The zero-order valence-electron chi connectivity index (χ0n) is 17.6. The summed E-state index contributed by atoms with van der Waals surface area (Å²) in [4.78, 5) is 0.726. The van der Waals surface area contributed by atoms with Crippen LogP contribution in [0.2, 0.25) is 0 Å². The molecule has 1 heterocycles. The second-order valence-corrected chi connectivity index (χ2v) is 8.45. The molecule has 0 aliphatic carbocycles. The van der Waals surface area contributed by atoms with Crippen LogP contribution in [-0.2, 0) is 4.74 Å². The van der Waals surface area contributed by atoms with Crippen molar-refractivity contribution in [2.75, 3.05) is 13.2 Å². The third-order valence-corrected chi connectivity index (χ3v) is 6.15. The van der Waals surface area contributed by atoms with Gasteiger partial charge in [-0.2, -0.15) is 0 Å². The predicted octanol–water partition coefficient (Wildman–Crippen LogP) is 1.95. The Labute approximate surface area is 193 Å². The van der Waals surface area contributed by atoms with Crippen LogP contribution in [-0.4, -0.2) is 58.3 Å². The second kappa shape index (κ2) is 11.1. The summed E-state index contributed by atoms with van der Waals surface area (Å²) in [5.74, 6) is -3.79. The minimum Gasteiger partial charge on any atom is -0.494 e. The molecule has 6 N–H and O–H groups in total. The fourth-order valence-electron chi connectivity index (χ4n) is 3.31. The van der Waals surface area contributed by atoms with Crippen LogP contribution in [0.3, 0.4) is 0 Å². The van der Waals surface area contributed by atoms with Crippen molar-refractivity contribution in [2.45, 2.75) is 41.6 Å². The van der Waals surface area contributed by atoms with Crippen LogP contribution in [0.4, 0.5) is 13.2 Å². The van der Waals surface area contributed by atoms with Gasteiger partial charge in [-0.3, -0.25) is 0 Å². The molecular formula is C22H25F3N2O5S. The van der Waals surface area contributed by atoms with E-state index in [4.69, 9.17) is 15.2 Å². The van der Waals surface area contributed by atoms with E-state index in [-0.39, 0.29) is 11.3 Å². The molecule has 0 radical (unpaired) electrons. The number of nitrogens with one attached hydrogen (secondary N) is 1. The molecule has 7 nitrogen and oxygen atoms in total. The van der Waals surface area contributed by atoms with Crippen molar-refractivity contribution in [1.82, 2.24) is 5.32 Å². The van der Waals surface area contributed by atoms with Gasteiger partial charge in [-0.15, -0.1) is 0 Å². The lowest BCUT2D eigenvalue weighted by atomic mass is 9.97. The number of nitrogens with two attached hydrogens (primary N) is 1. The Bertz CT molecular complexity index is 973. The summed E-state index contributed by atoms with van der Waals surface area (Å²) in [6.45, 7) is 1.82. The molecule has 1 aliphatic rings. The van der Waals surface area contributed by atoms with Crippen molar-refractivity contribution in [1.29, 1.82) is 0 Å². The molecule has 3 rings (SSSR count). The highest BCUT2D eigenvalue weighted by Gasteiger charge is 2.44. The molecule has 11 heteroatoms. The van der Waals surface area contributed by atoms with Crippen LogP contribution in [0.25, 0.3) is 5.70 Å². The number of hydrogen-bond acceptors (Lipinski definition) is 8. The van der Waals surface area contributed by atoms with E-state index in [1.165, 1.54) is 11.8 Å². The number of aliphatic hydroxyl groups is 3. The predicted molar refractivity (Wildman–Crippen MR) is 117 cm³/mol. The van der Waals surface area contributed by atoms with Crippen LogP contribution >= 0.6 is 11.8 Å². The zero-order valence-corrected chi connectivity index (χ0v) is 18.4. The van der Waals surface area contributed by atoms with Gasteiger partial charge >= 0.3 is 0 Å². The smallest absolute Gasteiger partial charge is 0.194 e. The Morgan fingerprint density at radius 2 is 1.88 bits per heavy atom. The average molecular weight is 487 g/mol. The van der Waals surface area contributed by atoms with Crippen LogP contribution in [0.5, 0.6) is 5.75 Å². The molecule has 180 valence electrons. The van der Waals surface area contributed by atoms with Gasteiger partial charge in [0.2, 0.25) is 0 Å². The van der Waals surface area contributed by atoms with Gasteiger partial charge in [0.25, 0.3) is 0 Å². The molecule has 1 fully saturated rings. The Morgan fingerprint density at radius 1 is 1.18 bits per heavy atom. The fraction of sp³-hybridized carbons (Fsp3) is 0.364. The second-order valence-electron chi connectivity index (χ2n) is 7.28. The van der Waals surface area contributed by atoms with Crippen molar-refractivity contribution >= 4 is 17.5 Å². The van der Waals surface area contributed by atoms with Crippen molar-refractivity contribution in [3.63, 3.8) is 0 Å². The van der Waals surface area contributed by atoms with Gasteiger partial charge < -0.3 is 35.8 Å². The first-order valence-corrected chi connectivity index (χ1v) is 11.0. The van der Waals surface area contributed by atoms with E-state index in [9.17, 15) is 28.5 Å². The lowest BCUT2D eigenvalue weighted by Gasteiger charge is -2.42. The van der Waals surface area contributed by atoms with Crippen LogP contribution in [0, 0.1) is 17.5 Å². The zero-order chi connectivity index (χ0) is 24.1. The molecular weight excluding hydrogens is 461 g/mol. The molecule has 0 amide bonds. The highest BCUT2D eigenvalue weighted by molar-refractivity contribution is 7.99. The maximum absolute atomic E-state index is 13.5.